The lowest BCUT2D eigenvalue weighted by molar-refractivity contribution is -0.148. The van der Waals surface area contributed by atoms with Gasteiger partial charge in [0.15, 0.2) is 0 Å². The molecule has 76 valence electrons. The molecule has 3 atom stereocenters. The van der Waals surface area contributed by atoms with Crippen molar-refractivity contribution in [2.45, 2.75) is 34.1 Å². The fourth-order valence-electron chi connectivity index (χ4n) is 1.47. The SMILES string of the molecule is CCC(C)C(C)C(C(C)=O)C(=O)O. The zero-order chi connectivity index (χ0) is 10.6. The van der Waals surface area contributed by atoms with E-state index in [0.29, 0.717) is 0 Å². The van der Waals surface area contributed by atoms with Crippen LogP contribution in [-0.2, 0) is 9.59 Å². The number of hydrogen-bond donors (Lipinski definition) is 1. The molecule has 0 fully saturated rings. The first kappa shape index (κ1) is 12.1. The van der Waals surface area contributed by atoms with Gasteiger partial charge >= 0.3 is 5.97 Å². The van der Waals surface area contributed by atoms with E-state index in [0.717, 1.165) is 6.42 Å². The highest BCUT2D eigenvalue weighted by molar-refractivity contribution is 5.97. The fourth-order valence-corrected chi connectivity index (χ4v) is 1.47. The number of aliphatic carboxylic acids is 1. The molecule has 0 rings (SSSR count). The van der Waals surface area contributed by atoms with Gasteiger partial charge in [-0.2, -0.15) is 0 Å². The summed E-state index contributed by atoms with van der Waals surface area (Å²) in [6.45, 7) is 7.15. The van der Waals surface area contributed by atoms with Gasteiger partial charge in [0.2, 0.25) is 0 Å². The molecule has 0 aromatic heterocycles. The van der Waals surface area contributed by atoms with Gasteiger partial charge in [-0.25, -0.2) is 0 Å². The highest BCUT2D eigenvalue weighted by atomic mass is 16.4. The van der Waals surface area contributed by atoms with E-state index in [9.17, 15) is 9.59 Å². The third-order valence-electron chi connectivity index (χ3n) is 2.77. The van der Waals surface area contributed by atoms with E-state index in [-0.39, 0.29) is 17.6 Å². The largest absolute Gasteiger partial charge is 0.481 e. The number of Topliss-reactive ketones (excluding diaryl/α,β-unsaturated/α-hetero) is 1. The summed E-state index contributed by atoms with van der Waals surface area (Å²) in [6, 6.07) is 0. The van der Waals surface area contributed by atoms with Crippen molar-refractivity contribution in [3.05, 3.63) is 0 Å². The van der Waals surface area contributed by atoms with Gasteiger partial charge in [-0.3, -0.25) is 9.59 Å². The van der Waals surface area contributed by atoms with Crippen LogP contribution in [0.2, 0.25) is 0 Å². The molecular weight excluding hydrogens is 168 g/mol. The van der Waals surface area contributed by atoms with Crippen molar-refractivity contribution in [1.82, 2.24) is 0 Å². The Morgan fingerprint density at radius 3 is 2.00 bits per heavy atom. The topological polar surface area (TPSA) is 54.4 Å². The maximum absolute atomic E-state index is 11.1. The van der Waals surface area contributed by atoms with Crippen LogP contribution in [0.4, 0.5) is 0 Å². The quantitative estimate of drug-likeness (QED) is 0.668. The molecule has 0 aromatic carbocycles. The smallest absolute Gasteiger partial charge is 0.314 e. The standard InChI is InChI=1S/C10H18O3/c1-5-6(2)7(3)9(8(4)11)10(12)13/h6-7,9H,5H2,1-4H3,(H,12,13). The Hall–Kier alpha value is -0.860. The molecule has 0 bridgehead atoms. The Labute approximate surface area is 79.1 Å². The molecule has 0 saturated carbocycles. The number of carboxylic acids is 1. The van der Waals surface area contributed by atoms with Crippen molar-refractivity contribution in [2.75, 3.05) is 0 Å². The van der Waals surface area contributed by atoms with Crippen LogP contribution in [0.1, 0.15) is 34.1 Å². The normalized spacial score (nSPS) is 17.5. The molecule has 0 aliphatic rings. The second kappa shape index (κ2) is 5.00. The second-order valence-electron chi connectivity index (χ2n) is 3.67. The molecule has 0 radical (unpaired) electrons. The van der Waals surface area contributed by atoms with Crippen LogP contribution >= 0.6 is 0 Å². The first-order valence-corrected chi connectivity index (χ1v) is 4.65. The van der Waals surface area contributed by atoms with Crippen LogP contribution in [0.3, 0.4) is 0 Å². The van der Waals surface area contributed by atoms with Crippen LogP contribution in [0.25, 0.3) is 0 Å². The van der Waals surface area contributed by atoms with Crippen molar-refractivity contribution in [2.24, 2.45) is 17.8 Å². The Balaban J connectivity index is 4.55. The molecule has 3 heteroatoms. The number of hydrogen-bond acceptors (Lipinski definition) is 2. The molecule has 0 aromatic rings. The monoisotopic (exact) mass is 186 g/mol. The van der Waals surface area contributed by atoms with Gasteiger partial charge in [0.1, 0.15) is 11.7 Å². The summed E-state index contributed by atoms with van der Waals surface area (Å²) in [5.74, 6) is -1.90. The Bertz CT molecular complexity index is 184. The van der Waals surface area contributed by atoms with E-state index in [2.05, 4.69) is 0 Å². The first-order chi connectivity index (χ1) is 5.91. The van der Waals surface area contributed by atoms with Crippen LogP contribution < -0.4 is 0 Å². The summed E-state index contributed by atoms with van der Waals surface area (Å²) in [5, 5.41) is 8.84. The first-order valence-electron chi connectivity index (χ1n) is 4.65. The van der Waals surface area contributed by atoms with Crippen molar-refractivity contribution >= 4 is 11.8 Å². The molecule has 0 spiro atoms. The Kier molecular flexibility index (Phi) is 4.67. The number of ketones is 1. The summed E-state index contributed by atoms with van der Waals surface area (Å²) in [6.07, 6.45) is 0.901. The van der Waals surface area contributed by atoms with E-state index in [1.807, 2.05) is 20.8 Å². The summed E-state index contributed by atoms with van der Waals surface area (Å²) in [4.78, 5) is 21.8. The fraction of sp³-hybridized carbons (Fsp3) is 0.800. The molecule has 13 heavy (non-hydrogen) atoms. The summed E-state index contributed by atoms with van der Waals surface area (Å²) in [5.41, 5.74) is 0. The predicted octanol–water partition coefficient (Wildman–Crippen LogP) is 1.96. The molecule has 0 aliphatic heterocycles. The molecule has 0 aliphatic carbocycles. The van der Waals surface area contributed by atoms with Crippen LogP contribution in [0.15, 0.2) is 0 Å². The van der Waals surface area contributed by atoms with E-state index in [1.54, 1.807) is 0 Å². The molecule has 0 heterocycles. The second-order valence-corrected chi connectivity index (χ2v) is 3.67. The number of carboxylic acid groups (broad SMARTS) is 1. The lowest BCUT2D eigenvalue weighted by atomic mass is 9.81. The van der Waals surface area contributed by atoms with Gasteiger partial charge in [0.05, 0.1) is 0 Å². The van der Waals surface area contributed by atoms with Crippen LogP contribution in [0.5, 0.6) is 0 Å². The van der Waals surface area contributed by atoms with Crippen molar-refractivity contribution < 1.29 is 14.7 Å². The minimum atomic E-state index is -1.000. The molecular formula is C10H18O3. The van der Waals surface area contributed by atoms with Gasteiger partial charge in [0, 0.05) is 0 Å². The molecule has 3 nitrogen and oxygen atoms in total. The lowest BCUT2D eigenvalue weighted by Crippen LogP contribution is -2.31. The average molecular weight is 186 g/mol. The molecule has 3 unspecified atom stereocenters. The van der Waals surface area contributed by atoms with Crippen molar-refractivity contribution in [3.63, 3.8) is 0 Å². The van der Waals surface area contributed by atoms with Crippen LogP contribution in [0, 0.1) is 17.8 Å². The highest BCUT2D eigenvalue weighted by Crippen LogP contribution is 2.24. The van der Waals surface area contributed by atoms with E-state index in [4.69, 9.17) is 5.11 Å². The zero-order valence-corrected chi connectivity index (χ0v) is 8.70. The van der Waals surface area contributed by atoms with Crippen molar-refractivity contribution in [3.8, 4) is 0 Å². The van der Waals surface area contributed by atoms with E-state index < -0.39 is 11.9 Å². The Morgan fingerprint density at radius 2 is 1.77 bits per heavy atom. The summed E-state index contributed by atoms with van der Waals surface area (Å²) < 4.78 is 0. The summed E-state index contributed by atoms with van der Waals surface area (Å²) >= 11 is 0. The van der Waals surface area contributed by atoms with Gasteiger partial charge < -0.3 is 5.11 Å². The number of rotatable bonds is 5. The van der Waals surface area contributed by atoms with Crippen molar-refractivity contribution in [1.29, 1.82) is 0 Å². The predicted molar refractivity (Wildman–Crippen MR) is 50.4 cm³/mol. The third-order valence-corrected chi connectivity index (χ3v) is 2.77. The Morgan fingerprint density at radius 1 is 1.31 bits per heavy atom. The van der Waals surface area contributed by atoms with E-state index >= 15 is 0 Å². The minimum Gasteiger partial charge on any atom is -0.481 e. The van der Waals surface area contributed by atoms with Gasteiger partial charge in [-0.05, 0) is 18.8 Å². The van der Waals surface area contributed by atoms with Crippen LogP contribution in [-0.4, -0.2) is 16.9 Å². The molecule has 0 saturated heterocycles. The third kappa shape index (κ3) is 3.17. The highest BCUT2D eigenvalue weighted by Gasteiger charge is 2.31. The maximum atomic E-state index is 11.1. The minimum absolute atomic E-state index is 0.0833. The molecule has 0 amide bonds. The summed E-state index contributed by atoms with van der Waals surface area (Å²) in [7, 11) is 0. The van der Waals surface area contributed by atoms with Gasteiger partial charge in [0.25, 0.3) is 0 Å². The van der Waals surface area contributed by atoms with Gasteiger partial charge in [-0.15, -0.1) is 0 Å². The number of carbonyl (C=O) groups excluding carboxylic acids is 1. The lowest BCUT2D eigenvalue weighted by Gasteiger charge is -2.22. The van der Waals surface area contributed by atoms with Gasteiger partial charge in [-0.1, -0.05) is 27.2 Å². The molecule has 1 N–H and O–H groups in total. The zero-order valence-electron chi connectivity index (χ0n) is 8.70. The average Bonchev–Trinajstić information content (AvgIpc) is 2.01. The van der Waals surface area contributed by atoms with E-state index in [1.165, 1.54) is 6.92 Å². The maximum Gasteiger partial charge on any atom is 0.314 e. The number of carbonyl (C=O) groups is 2.